The van der Waals surface area contributed by atoms with E-state index < -0.39 is 0 Å². The van der Waals surface area contributed by atoms with Gasteiger partial charge in [-0.1, -0.05) is 18.2 Å². The number of nitrogens with one attached hydrogen (secondary N) is 2. The molecule has 2 N–H and O–H groups in total. The van der Waals surface area contributed by atoms with Gasteiger partial charge in [0.2, 0.25) is 0 Å². The van der Waals surface area contributed by atoms with E-state index in [1.165, 1.54) is 0 Å². The van der Waals surface area contributed by atoms with Crippen LogP contribution in [-0.2, 0) is 0 Å². The summed E-state index contributed by atoms with van der Waals surface area (Å²) in [7, 11) is 5.27. The number of aliphatic imine (C=N–C) groups is 1. The van der Waals surface area contributed by atoms with Crippen LogP contribution in [0.15, 0.2) is 59.6 Å². The summed E-state index contributed by atoms with van der Waals surface area (Å²) in [6, 6.07) is 16.7. The van der Waals surface area contributed by atoms with Crippen molar-refractivity contribution in [2.75, 3.05) is 47.4 Å². The van der Waals surface area contributed by atoms with Gasteiger partial charge in [-0.05, 0) is 36.4 Å². The number of methoxy groups -OCH3 is 1. The highest BCUT2D eigenvalue weighted by Crippen LogP contribution is 2.11. The predicted octanol–water partition coefficient (Wildman–Crippen LogP) is 2.63. The largest absolute Gasteiger partial charge is 0.497 e. The Morgan fingerprint density at radius 3 is 2.28 bits per heavy atom. The standard InChI is InChI=1S/C21H28N4O3.HI/c1-22-21(25(2)15-16-28-19-7-5-4-6-8-19)24-14-13-23-20(26)17-9-11-18(27-3)12-10-17;/h4-12H,13-16H2,1-3H3,(H,22,24)(H,23,26);1H. The van der Waals surface area contributed by atoms with Gasteiger partial charge in [0.15, 0.2) is 5.96 Å². The molecule has 0 unspecified atom stereocenters. The molecule has 1 amide bonds. The van der Waals surface area contributed by atoms with E-state index in [2.05, 4.69) is 15.6 Å². The molecule has 0 atom stereocenters. The lowest BCUT2D eigenvalue weighted by atomic mass is 10.2. The Balaban J connectivity index is 0.00000420. The molecule has 2 rings (SSSR count). The van der Waals surface area contributed by atoms with Crippen molar-refractivity contribution in [1.29, 1.82) is 0 Å². The molecular weight excluding hydrogens is 483 g/mol. The second-order valence-corrected chi connectivity index (χ2v) is 6.04. The Kier molecular flexibility index (Phi) is 11.6. The zero-order valence-electron chi connectivity index (χ0n) is 17.1. The maximum atomic E-state index is 12.1. The fourth-order valence-electron chi connectivity index (χ4n) is 2.50. The van der Waals surface area contributed by atoms with Crippen LogP contribution in [-0.4, -0.2) is 64.2 Å². The third kappa shape index (κ3) is 8.59. The number of hydrogen-bond donors (Lipinski definition) is 2. The highest BCUT2D eigenvalue weighted by Gasteiger charge is 2.07. The molecule has 2 aromatic rings. The lowest BCUT2D eigenvalue weighted by Gasteiger charge is -2.22. The van der Waals surface area contributed by atoms with Crippen molar-refractivity contribution in [2.45, 2.75) is 0 Å². The zero-order valence-corrected chi connectivity index (χ0v) is 19.4. The Hall–Kier alpha value is -2.49. The molecule has 0 saturated heterocycles. The highest BCUT2D eigenvalue weighted by atomic mass is 127. The summed E-state index contributed by atoms with van der Waals surface area (Å²) in [4.78, 5) is 18.4. The quantitative estimate of drug-likeness (QED) is 0.234. The van der Waals surface area contributed by atoms with Crippen molar-refractivity contribution in [3.05, 3.63) is 60.2 Å². The molecule has 0 aliphatic carbocycles. The number of carbonyl (C=O) groups is 1. The summed E-state index contributed by atoms with van der Waals surface area (Å²) in [6.45, 7) is 2.29. The van der Waals surface area contributed by atoms with E-state index in [-0.39, 0.29) is 29.9 Å². The van der Waals surface area contributed by atoms with E-state index in [1.54, 1.807) is 38.4 Å². The van der Waals surface area contributed by atoms with E-state index in [0.717, 1.165) is 17.5 Å². The Bertz CT molecular complexity index is 754. The van der Waals surface area contributed by atoms with E-state index in [1.807, 2.05) is 42.3 Å². The minimum absolute atomic E-state index is 0. The van der Waals surface area contributed by atoms with Crippen molar-refractivity contribution in [3.63, 3.8) is 0 Å². The van der Waals surface area contributed by atoms with Crippen LogP contribution in [0.1, 0.15) is 10.4 Å². The van der Waals surface area contributed by atoms with Crippen LogP contribution in [0, 0.1) is 0 Å². The first-order valence-corrected chi connectivity index (χ1v) is 9.16. The fourth-order valence-corrected chi connectivity index (χ4v) is 2.50. The van der Waals surface area contributed by atoms with Crippen LogP contribution < -0.4 is 20.1 Å². The van der Waals surface area contributed by atoms with Crippen LogP contribution >= 0.6 is 24.0 Å². The second kappa shape index (κ2) is 13.6. The summed E-state index contributed by atoms with van der Waals surface area (Å²) in [5.74, 6) is 2.20. The smallest absolute Gasteiger partial charge is 0.251 e. The number of hydrogen-bond acceptors (Lipinski definition) is 4. The van der Waals surface area contributed by atoms with Crippen LogP contribution in [0.3, 0.4) is 0 Å². The number of ether oxygens (including phenoxy) is 2. The Labute approximate surface area is 189 Å². The average Bonchev–Trinajstić information content (AvgIpc) is 2.74. The van der Waals surface area contributed by atoms with Crippen LogP contribution in [0.2, 0.25) is 0 Å². The molecule has 0 radical (unpaired) electrons. The summed E-state index contributed by atoms with van der Waals surface area (Å²) in [5, 5.41) is 6.11. The average molecular weight is 512 g/mol. The van der Waals surface area contributed by atoms with Gasteiger partial charge in [-0.25, -0.2) is 0 Å². The normalized spacial score (nSPS) is 10.5. The first-order valence-electron chi connectivity index (χ1n) is 9.16. The monoisotopic (exact) mass is 512 g/mol. The van der Waals surface area contributed by atoms with Crippen LogP contribution in [0.5, 0.6) is 11.5 Å². The SMILES string of the molecule is CN=C(NCCNC(=O)c1ccc(OC)cc1)N(C)CCOc1ccccc1.I. The van der Waals surface area contributed by atoms with Gasteiger partial charge in [0.25, 0.3) is 5.91 Å². The molecular formula is C21H29IN4O3. The summed E-state index contributed by atoms with van der Waals surface area (Å²) in [5.41, 5.74) is 0.598. The van der Waals surface area contributed by atoms with E-state index in [0.29, 0.717) is 31.8 Å². The molecule has 8 heteroatoms. The zero-order chi connectivity index (χ0) is 20.2. The second-order valence-electron chi connectivity index (χ2n) is 6.04. The number of likely N-dealkylation sites (N-methyl/N-ethyl adjacent to an activating group) is 1. The first-order chi connectivity index (χ1) is 13.6. The number of rotatable bonds is 9. The molecule has 0 saturated carbocycles. The lowest BCUT2D eigenvalue weighted by molar-refractivity contribution is 0.0954. The minimum atomic E-state index is -0.121. The molecule has 7 nitrogen and oxygen atoms in total. The van der Waals surface area contributed by atoms with Gasteiger partial charge < -0.3 is 25.0 Å². The van der Waals surface area contributed by atoms with Crippen molar-refractivity contribution in [2.24, 2.45) is 4.99 Å². The third-order valence-corrected chi connectivity index (χ3v) is 4.06. The van der Waals surface area contributed by atoms with Gasteiger partial charge in [0.05, 0.1) is 13.7 Å². The maximum Gasteiger partial charge on any atom is 0.251 e. The van der Waals surface area contributed by atoms with Crippen LogP contribution in [0.4, 0.5) is 0 Å². The topological polar surface area (TPSA) is 75.2 Å². The van der Waals surface area contributed by atoms with Crippen molar-refractivity contribution < 1.29 is 14.3 Å². The van der Waals surface area contributed by atoms with Crippen molar-refractivity contribution in [1.82, 2.24) is 15.5 Å². The molecule has 158 valence electrons. The highest BCUT2D eigenvalue weighted by molar-refractivity contribution is 14.0. The fraction of sp³-hybridized carbons (Fsp3) is 0.333. The van der Waals surface area contributed by atoms with Gasteiger partial charge in [-0.2, -0.15) is 0 Å². The Morgan fingerprint density at radius 2 is 1.66 bits per heavy atom. The lowest BCUT2D eigenvalue weighted by Crippen LogP contribution is -2.43. The number of amides is 1. The molecule has 2 aromatic carbocycles. The van der Waals surface area contributed by atoms with E-state index in [4.69, 9.17) is 9.47 Å². The van der Waals surface area contributed by atoms with Crippen LogP contribution in [0.25, 0.3) is 0 Å². The molecule has 0 aliphatic heterocycles. The number of benzene rings is 2. The molecule has 29 heavy (non-hydrogen) atoms. The predicted molar refractivity (Wildman–Crippen MR) is 127 cm³/mol. The number of para-hydroxylation sites is 1. The van der Waals surface area contributed by atoms with E-state index >= 15 is 0 Å². The van der Waals surface area contributed by atoms with Crippen molar-refractivity contribution >= 4 is 35.8 Å². The van der Waals surface area contributed by atoms with Gasteiger partial charge >= 0.3 is 0 Å². The van der Waals surface area contributed by atoms with E-state index in [9.17, 15) is 4.79 Å². The maximum absolute atomic E-state index is 12.1. The number of halogens is 1. The molecule has 0 bridgehead atoms. The first kappa shape index (κ1) is 24.5. The molecule has 0 fully saturated rings. The molecule has 0 heterocycles. The number of carbonyl (C=O) groups excluding carboxylic acids is 1. The molecule has 0 spiro atoms. The van der Waals surface area contributed by atoms with Gasteiger partial charge in [-0.15, -0.1) is 24.0 Å². The minimum Gasteiger partial charge on any atom is -0.497 e. The van der Waals surface area contributed by atoms with Gasteiger partial charge in [0.1, 0.15) is 18.1 Å². The van der Waals surface area contributed by atoms with Gasteiger partial charge in [0, 0.05) is 32.7 Å². The molecule has 0 aromatic heterocycles. The summed E-state index contributed by atoms with van der Waals surface area (Å²) < 4.78 is 10.8. The molecule has 0 aliphatic rings. The third-order valence-electron chi connectivity index (χ3n) is 4.06. The summed E-state index contributed by atoms with van der Waals surface area (Å²) >= 11 is 0. The van der Waals surface area contributed by atoms with Crippen molar-refractivity contribution in [3.8, 4) is 11.5 Å². The Morgan fingerprint density at radius 1 is 1.00 bits per heavy atom. The number of guanidine groups is 1. The number of nitrogens with zero attached hydrogens (tertiary/aromatic N) is 2. The summed E-state index contributed by atoms with van der Waals surface area (Å²) in [6.07, 6.45) is 0. The van der Waals surface area contributed by atoms with Gasteiger partial charge in [-0.3, -0.25) is 9.79 Å².